The SMILES string of the molecule is CC(C)c1ccccc1C=CC(=O)N1CC[C@@H]2CN(C(=O)c3ccc4[nH]nnc4c3)C[C@@H]2CC1. The first-order valence-electron chi connectivity index (χ1n) is 12.2. The van der Waals surface area contributed by atoms with Crippen LogP contribution in [-0.2, 0) is 4.79 Å². The molecule has 1 aromatic heterocycles. The number of carbonyl (C=O) groups is 2. The number of H-pyrrole nitrogens is 1. The summed E-state index contributed by atoms with van der Waals surface area (Å²) in [4.78, 5) is 30.0. The summed E-state index contributed by atoms with van der Waals surface area (Å²) in [7, 11) is 0. The summed E-state index contributed by atoms with van der Waals surface area (Å²) in [6.07, 6.45) is 5.53. The van der Waals surface area contributed by atoms with Crippen LogP contribution in [-0.4, -0.2) is 63.2 Å². The van der Waals surface area contributed by atoms with Crippen LogP contribution in [0.1, 0.15) is 54.1 Å². The zero-order chi connectivity index (χ0) is 23.7. The Kier molecular flexibility index (Phi) is 6.18. The van der Waals surface area contributed by atoms with E-state index in [0.717, 1.165) is 50.1 Å². The lowest BCUT2D eigenvalue weighted by molar-refractivity contribution is -0.126. The number of hydrogen-bond acceptors (Lipinski definition) is 4. The monoisotopic (exact) mass is 457 g/mol. The van der Waals surface area contributed by atoms with Crippen molar-refractivity contribution in [3.05, 3.63) is 65.2 Å². The summed E-state index contributed by atoms with van der Waals surface area (Å²) >= 11 is 0. The van der Waals surface area contributed by atoms with Gasteiger partial charge in [-0.15, -0.1) is 5.10 Å². The second kappa shape index (κ2) is 9.41. The third kappa shape index (κ3) is 4.47. The number of aromatic amines is 1. The summed E-state index contributed by atoms with van der Waals surface area (Å²) in [6.45, 7) is 7.32. The van der Waals surface area contributed by atoms with Crippen molar-refractivity contribution in [2.45, 2.75) is 32.6 Å². The molecule has 7 heteroatoms. The predicted octanol–water partition coefficient (Wildman–Crippen LogP) is 4.11. The normalized spacial score (nSPS) is 20.8. The Hall–Kier alpha value is -3.48. The summed E-state index contributed by atoms with van der Waals surface area (Å²) in [6, 6.07) is 13.7. The number of nitrogens with zero attached hydrogens (tertiary/aromatic N) is 4. The Balaban J connectivity index is 1.20. The van der Waals surface area contributed by atoms with Crippen LogP contribution in [0.15, 0.2) is 48.5 Å². The molecule has 2 saturated heterocycles. The number of fused-ring (bicyclic) bond motifs is 2. The minimum absolute atomic E-state index is 0.0534. The largest absolute Gasteiger partial charge is 0.339 e. The highest BCUT2D eigenvalue weighted by atomic mass is 16.2. The smallest absolute Gasteiger partial charge is 0.253 e. The molecule has 0 unspecified atom stereocenters. The third-order valence-electron chi connectivity index (χ3n) is 7.31. The third-order valence-corrected chi connectivity index (χ3v) is 7.31. The minimum Gasteiger partial charge on any atom is -0.339 e. The van der Waals surface area contributed by atoms with Gasteiger partial charge in [0.15, 0.2) is 0 Å². The molecule has 2 aliphatic heterocycles. The predicted molar refractivity (Wildman–Crippen MR) is 132 cm³/mol. The molecule has 0 spiro atoms. The standard InChI is InChI=1S/C27H31N5O2/c1-18(2)23-6-4-3-5-19(23)8-10-26(33)31-13-11-21-16-32(17-22(21)12-14-31)27(34)20-7-9-24-25(15-20)29-30-28-24/h3-10,15,18,21-22H,11-14,16-17H2,1-2H3,(H,28,29,30)/t21-,22+. The number of nitrogens with one attached hydrogen (secondary N) is 1. The second-order valence-electron chi connectivity index (χ2n) is 9.79. The average Bonchev–Trinajstić information content (AvgIpc) is 3.44. The van der Waals surface area contributed by atoms with Crippen LogP contribution < -0.4 is 0 Å². The Morgan fingerprint density at radius 3 is 2.50 bits per heavy atom. The molecular weight excluding hydrogens is 426 g/mol. The van der Waals surface area contributed by atoms with Gasteiger partial charge in [0.25, 0.3) is 5.91 Å². The molecule has 0 bridgehead atoms. The van der Waals surface area contributed by atoms with E-state index in [4.69, 9.17) is 0 Å². The van der Waals surface area contributed by atoms with Crippen molar-refractivity contribution in [3.63, 3.8) is 0 Å². The number of benzene rings is 2. The van der Waals surface area contributed by atoms with Crippen LogP contribution >= 0.6 is 0 Å². The topological polar surface area (TPSA) is 82.2 Å². The highest BCUT2D eigenvalue weighted by molar-refractivity contribution is 5.97. The minimum atomic E-state index is 0.0534. The van der Waals surface area contributed by atoms with Gasteiger partial charge in [0.1, 0.15) is 5.52 Å². The van der Waals surface area contributed by atoms with Crippen LogP contribution in [0.4, 0.5) is 0 Å². The highest BCUT2D eigenvalue weighted by Gasteiger charge is 2.37. The first kappa shape index (κ1) is 22.3. The van der Waals surface area contributed by atoms with Gasteiger partial charge in [-0.1, -0.05) is 43.3 Å². The lowest BCUT2D eigenvalue weighted by atomic mass is 9.92. The van der Waals surface area contributed by atoms with Gasteiger partial charge in [-0.3, -0.25) is 14.7 Å². The lowest BCUT2D eigenvalue weighted by Gasteiger charge is -2.21. The van der Waals surface area contributed by atoms with Gasteiger partial charge >= 0.3 is 0 Å². The van der Waals surface area contributed by atoms with E-state index in [1.165, 1.54) is 5.56 Å². The summed E-state index contributed by atoms with van der Waals surface area (Å²) in [5.41, 5.74) is 4.55. The van der Waals surface area contributed by atoms with E-state index in [9.17, 15) is 9.59 Å². The molecule has 0 radical (unpaired) electrons. The van der Waals surface area contributed by atoms with E-state index in [2.05, 4.69) is 41.4 Å². The first-order valence-corrected chi connectivity index (χ1v) is 12.2. The number of rotatable bonds is 4. The lowest BCUT2D eigenvalue weighted by Crippen LogP contribution is -2.33. The molecule has 0 saturated carbocycles. The Bertz CT molecular complexity index is 1210. The van der Waals surface area contributed by atoms with Crippen LogP contribution in [0.25, 0.3) is 17.1 Å². The van der Waals surface area contributed by atoms with Crippen LogP contribution in [0.2, 0.25) is 0 Å². The van der Waals surface area contributed by atoms with Crippen LogP contribution in [0.3, 0.4) is 0 Å². The summed E-state index contributed by atoms with van der Waals surface area (Å²) in [5.74, 6) is 1.41. The fraction of sp³-hybridized carbons (Fsp3) is 0.407. The Morgan fingerprint density at radius 1 is 1.03 bits per heavy atom. The molecule has 5 rings (SSSR count). The molecule has 3 heterocycles. The number of amides is 2. The van der Waals surface area contributed by atoms with E-state index in [1.54, 1.807) is 12.1 Å². The molecule has 176 valence electrons. The molecule has 2 atom stereocenters. The van der Waals surface area contributed by atoms with Crippen molar-refractivity contribution in [1.82, 2.24) is 25.2 Å². The number of aromatic nitrogens is 3. The molecule has 2 aliphatic rings. The maximum absolute atomic E-state index is 13.1. The van der Waals surface area contributed by atoms with Crippen molar-refractivity contribution in [3.8, 4) is 0 Å². The molecule has 0 aliphatic carbocycles. The molecular formula is C27H31N5O2. The van der Waals surface area contributed by atoms with Gasteiger partial charge in [-0.05, 0) is 66.0 Å². The van der Waals surface area contributed by atoms with Crippen molar-refractivity contribution in [2.75, 3.05) is 26.2 Å². The fourth-order valence-corrected chi connectivity index (χ4v) is 5.35. The molecule has 2 fully saturated rings. The first-order chi connectivity index (χ1) is 16.5. The zero-order valence-electron chi connectivity index (χ0n) is 19.8. The highest BCUT2D eigenvalue weighted by Crippen LogP contribution is 2.33. The Morgan fingerprint density at radius 2 is 1.76 bits per heavy atom. The molecule has 2 amide bonds. The van der Waals surface area contributed by atoms with E-state index in [0.29, 0.717) is 28.8 Å². The fourth-order valence-electron chi connectivity index (χ4n) is 5.35. The van der Waals surface area contributed by atoms with Gasteiger partial charge in [0.05, 0.1) is 5.52 Å². The van der Waals surface area contributed by atoms with E-state index in [1.807, 2.05) is 40.1 Å². The summed E-state index contributed by atoms with van der Waals surface area (Å²) < 4.78 is 0. The van der Waals surface area contributed by atoms with Gasteiger partial charge < -0.3 is 9.80 Å². The van der Waals surface area contributed by atoms with Crippen LogP contribution in [0, 0.1) is 11.8 Å². The summed E-state index contributed by atoms with van der Waals surface area (Å²) in [5, 5.41) is 10.6. The number of likely N-dealkylation sites (tertiary alicyclic amines) is 2. The molecule has 1 N–H and O–H groups in total. The maximum Gasteiger partial charge on any atom is 0.253 e. The Labute approximate surface area is 199 Å². The molecule has 7 nitrogen and oxygen atoms in total. The van der Waals surface area contributed by atoms with Crippen LogP contribution in [0.5, 0.6) is 0 Å². The maximum atomic E-state index is 13.1. The van der Waals surface area contributed by atoms with Gasteiger partial charge in [0.2, 0.25) is 5.91 Å². The van der Waals surface area contributed by atoms with Crippen molar-refractivity contribution < 1.29 is 9.59 Å². The molecule has 34 heavy (non-hydrogen) atoms. The van der Waals surface area contributed by atoms with Gasteiger partial charge in [0, 0.05) is 37.8 Å². The van der Waals surface area contributed by atoms with E-state index >= 15 is 0 Å². The van der Waals surface area contributed by atoms with Gasteiger partial charge in [-0.25, -0.2) is 0 Å². The molecule has 3 aromatic rings. The second-order valence-corrected chi connectivity index (χ2v) is 9.79. The van der Waals surface area contributed by atoms with E-state index < -0.39 is 0 Å². The molecule has 2 aromatic carbocycles. The quantitative estimate of drug-likeness (QED) is 0.598. The van der Waals surface area contributed by atoms with E-state index in [-0.39, 0.29) is 11.8 Å². The van der Waals surface area contributed by atoms with Crippen molar-refractivity contribution >= 4 is 28.9 Å². The number of carbonyl (C=O) groups excluding carboxylic acids is 2. The van der Waals surface area contributed by atoms with Crippen molar-refractivity contribution in [2.24, 2.45) is 11.8 Å². The van der Waals surface area contributed by atoms with Gasteiger partial charge in [-0.2, -0.15) is 0 Å². The number of hydrogen-bond donors (Lipinski definition) is 1. The zero-order valence-corrected chi connectivity index (χ0v) is 19.8. The van der Waals surface area contributed by atoms with Crippen molar-refractivity contribution in [1.29, 1.82) is 0 Å². The average molecular weight is 458 g/mol.